The van der Waals surface area contributed by atoms with E-state index in [2.05, 4.69) is 16.0 Å². The fourth-order valence-corrected chi connectivity index (χ4v) is 3.90. The smallest absolute Gasteiger partial charge is 0.315 e. The number of rotatable bonds is 8. The van der Waals surface area contributed by atoms with E-state index in [9.17, 15) is 19.2 Å². The number of urea groups is 1. The Bertz CT molecular complexity index is 850. The number of primary amides is 1. The Morgan fingerprint density at radius 3 is 2.27 bits per heavy atom. The monoisotopic (exact) mass is 459 g/mol. The molecule has 9 heteroatoms. The minimum absolute atomic E-state index is 0.0811. The van der Waals surface area contributed by atoms with E-state index in [-0.39, 0.29) is 30.2 Å². The normalized spacial score (nSPS) is 19.2. The van der Waals surface area contributed by atoms with Gasteiger partial charge in [0, 0.05) is 25.4 Å². The molecule has 3 atom stereocenters. The summed E-state index contributed by atoms with van der Waals surface area (Å²) in [6, 6.07) is 6.28. The maximum Gasteiger partial charge on any atom is 0.315 e. The van der Waals surface area contributed by atoms with Crippen LogP contribution in [-0.4, -0.2) is 59.4 Å². The van der Waals surface area contributed by atoms with Crippen LogP contribution in [0.4, 0.5) is 4.79 Å². The van der Waals surface area contributed by atoms with E-state index in [1.165, 1.54) is 4.90 Å². The van der Waals surface area contributed by atoms with Crippen molar-refractivity contribution in [2.75, 3.05) is 6.54 Å². The minimum atomic E-state index is -0.940. The number of benzene rings is 1. The highest BCUT2D eigenvalue weighted by Gasteiger charge is 2.44. The molecule has 5 N–H and O–H groups in total. The van der Waals surface area contributed by atoms with Gasteiger partial charge in [-0.05, 0) is 31.2 Å². The molecule has 1 fully saturated rings. The molecule has 0 aromatic heterocycles. The molecule has 0 unspecified atom stereocenters. The van der Waals surface area contributed by atoms with E-state index in [1.807, 2.05) is 65.0 Å². The first-order valence-corrected chi connectivity index (χ1v) is 11.4. The Morgan fingerprint density at radius 1 is 1.09 bits per heavy atom. The second-order valence-corrected chi connectivity index (χ2v) is 10.1. The summed E-state index contributed by atoms with van der Waals surface area (Å²) >= 11 is 0. The number of nitrogens with one attached hydrogen (secondary N) is 3. The van der Waals surface area contributed by atoms with E-state index in [0.29, 0.717) is 13.0 Å². The second kappa shape index (κ2) is 11.2. The molecule has 5 amide bonds. The first-order valence-electron chi connectivity index (χ1n) is 11.4. The van der Waals surface area contributed by atoms with Crippen LogP contribution in [0, 0.1) is 5.41 Å². The third-order valence-corrected chi connectivity index (χ3v) is 5.35. The molecular formula is C24H37N5O4. The Labute approximate surface area is 195 Å². The van der Waals surface area contributed by atoms with Gasteiger partial charge in [0.25, 0.3) is 0 Å². The summed E-state index contributed by atoms with van der Waals surface area (Å²) in [4.78, 5) is 52.3. The zero-order chi connectivity index (χ0) is 24.8. The number of nitrogens with zero attached hydrogens (tertiary/aromatic N) is 1. The van der Waals surface area contributed by atoms with Crippen LogP contribution in [-0.2, 0) is 20.8 Å². The first kappa shape index (κ1) is 26.2. The highest BCUT2D eigenvalue weighted by molar-refractivity contribution is 5.93. The minimum Gasteiger partial charge on any atom is -0.368 e. The number of likely N-dealkylation sites (tertiary alicyclic amines) is 1. The molecule has 0 bridgehead atoms. The molecule has 0 spiro atoms. The van der Waals surface area contributed by atoms with Gasteiger partial charge in [0.05, 0.1) is 6.04 Å². The zero-order valence-electron chi connectivity index (χ0n) is 20.2. The number of hydrogen-bond donors (Lipinski definition) is 4. The summed E-state index contributed by atoms with van der Waals surface area (Å²) in [5, 5.41) is 8.28. The maximum atomic E-state index is 13.4. The Hall–Kier alpha value is -3.10. The predicted molar refractivity (Wildman–Crippen MR) is 126 cm³/mol. The van der Waals surface area contributed by atoms with Gasteiger partial charge >= 0.3 is 6.03 Å². The third-order valence-electron chi connectivity index (χ3n) is 5.35. The highest BCUT2D eigenvalue weighted by Crippen LogP contribution is 2.25. The summed E-state index contributed by atoms with van der Waals surface area (Å²) in [7, 11) is 0. The van der Waals surface area contributed by atoms with Crippen LogP contribution < -0.4 is 21.7 Å². The molecule has 1 aliphatic rings. The SMILES string of the molecule is CC(C)NC(=O)N[C@@H]1CCN(C(=O)CC(C)(C)C)[C@@H]1C(=O)N[C@H](Cc1ccccc1)C(N)=O. The summed E-state index contributed by atoms with van der Waals surface area (Å²) in [6.07, 6.45) is 0.918. The Balaban J connectivity index is 2.23. The fourth-order valence-electron chi connectivity index (χ4n) is 3.90. The van der Waals surface area contributed by atoms with Crippen molar-refractivity contribution in [2.45, 2.75) is 78.0 Å². The molecular weight excluding hydrogens is 422 g/mol. The van der Waals surface area contributed by atoms with Crippen molar-refractivity contribution in [2.24, 2.45) is 11.1 Å². The largest absolute Gasteiger partial charge is 0.368 e. The molecule has 182 valence electrons. The standard InChI is InChI=1S/C24H37N5O4/c1-15(2)26-23(33)28-17-11-12-29(19(30)14-24(3,4)5)20(17)22(32)27-18(21(25)31)13-16-9-7-6-8-10-16/h6-10,15,17-18,20H,11-14H2,1-5H3,(H2,25,31)(H,27,32)(H2,26,28,33)/t17-,18-,20+/m1/s1. The van der Waals surface area contributed by atoms with Gasteiger partial charge in [0.1, 0.15) is 12.1 Å². The molecule has 0 radical (unpaired) electrons. The van der Waals surface area contributed by atoms with E-state index in [1.54, 1.807) is 0 Å². The molecule has 9 nitrogen and oxygen atoms in total. The molecule has 33 heavy (non-hydrogen) atoms. The molecule has 1 aromatic carbocycles. The quantitative estimate of drug-likeness (QED) is 0.466. The number of hydrogen-bond acceptors (Lipinski definition) is 4. The van der Waals surface area contributed by atoms with Crippen LogP contribution in [0.5, 0.6) is 0 Å². The number of carbonyl (C=O) groups excluding carboxylic acids is 4. The van der Waals surface area contributed by atoms with Crippen LogP contribution in [0.3, 0.4) is 0 Å². The second-order valence-electron chi connectivity index (χ2n) is 10.1. The summed E-state index contributed by atoms with van der Waals surface area (Å²) < 4.78 is 0. The summed E-state index contributed by atoms with van der Waals surface area (Å²) in [5.74, 6) is -1.35. The van der Waals surface area contributed by atoms with Gasteiger partial charge in [0.15, 0.2) is 0 Å². The van der Waals surface area contributed by atoms with E-state index < -0.39 is 36.0 Å². The molecule has 0 aliphatic carbocycles. The Kier molecular flexibility index (Phi) is 8.84. The van der Waals surface area contributed by atoms with Crippen LogP contribution in [0.2, 0.25) is 0 Å². The summed E-state index contributed by atoms with van der Waals surface area (Å²) in [6.45, 7) is 9.84. The zero-order valence-corrected chi connectivity index (χ0v) is 20.2. The Morgan fingerprint density at radius 2 is 1.73 bits per heavy atom. The lowest BCUT2D eigenvalue weighted by Crippen LogP contribution is -2.59. The van der Waals surface area contributed by atoms with Gasteiger partial charge < -0.3 is 26.6 Å². The number of nitrogens with two attached hydrogens (primary N) is 1. The van der Waals surface area contributed by atoms with Crippen LogP contribution in [0.25, 0.3) is 0 Å². The van der Waals surface area contributed by atoms with Crippen molar-refractivity contribution in [1.82, 2.24) is 20.9 Å². The van der Waals surface area contributed by atoms with Crippen molar-refractivity contribution < 1.29 is 19.2 Å². The lowest BCUT2D eigenvalue weighted by atomic mass is 9.91. The van der Waals surface area contributed by atoms with Gasteiger partial charge in [0.2, 0.25) is 17.7 Å². The van der Waals surface area contributed by atoms with Gasteiger partial charge in [-0.25, -0.2) is 4.79 Å². The van der Waals surface area contributed by atoms with Crippen LogP contribution >= 0.6 is 0 Å². The summed E-state index contributed by atoms with van der Waals surface area (Å²) in [5.41, 5.74) is 6.15. The van der Waals surface area contributed by atoms with Crippen molar-refractivity contribution in [3.8, 4) is 0 Å². The molecule has 1 aliphatic heterocycles. The van der Waals surface area contributed by atoms with Gasteiger partial charge in [-0.1, -0.05) is 51.1 Å². The molecule has 1 heterocycles. The van der Waals surface area contributed by atoms with E-state index >= 15 is 0 Å². The molecule has 1 saturated heterocycles. The van der Waals surface area contributed by atoms with E-state index in [0.717, 1.165) is 5.56 Å². The molecule has 0 saturated carbocycles. The topological polar surface area (TPSA) is 134 Å². The number of carbonyl (C=O) groups is 4. The van der Waals surface area contributed by atoms with Gasteiger partial charge in [-0.15, -0.1) is 0 Å². The highest BCUT2D eigenvalue weighted by atomic mass is 16.2. The van der Waals surface area contributed by atoms with E-state index in [4.69, 9.17) is 5.73 Å². The fraction of sp³-hybridized carbons (Fsp3) is 0.583. The van der Waals surface area contributed by atoms with Crippen LogP contribution in [0.1, 0.15) is 53.0 Å². The average Bonchev–Trinajstić information content (AvgIpc) is 3.09. The van der Waals surface area contributed by atoms with Gasteiger partial charge in [-0.3, -0.25) is 14.4 Å². The molecule has 2 rings (SSSR count). The van der Waals surface area contributed by atoms with Crippen molar-refractivity contribution in [1.29, 1.82) is 0 Å². The third kappa shape index (κ3) is 8.07. The van der Waals surface area contributed by atoms with Crippen molar-refractivity contribution in [3.63, 3.8) is 0 Å². The lowest BCUT2D eigenvalue weighted by Gasteiger charge is -2.31. The maximum absolute atomic E-state index is 13.4. The van der Waals surface area contributed by atoms with Crippen molar-refractivity contribution >= 4 is 23.8 Å². The van der Waals surface area contributed by atoms with Crippen molar-refractivity contribution in [3.05, 3.63) is 35.9 Å². The average molecular weight is 460 g/mol. The van der Waals surface area contributed by atoms with Crippen LogP contribution in [0.15, 0.2) is 30.3 Å². The lowest BCUT2D eigenvalue weighted by molar-refractivity contribution is -0.141. The number of amides is 5. The van der Waals surface area contributed by atoms with Gasteiger partial charge in [-0.2, -0.15) is 0 Å². The predicted octanol–water partition coefficient (Wildman–Crippen LogP) is 1.31. The first-order chi connectivity index (χ1) is 15.4. The molecule has 1 aromatic rings.